The minimum Gasteiger partial charge on any atom is -0.456 e. The van der Waals surface area contributed by atoms with Gasteiger partial charge in [-0.15, -0.1) is 0 Å². The molecule has 2 aromatic carbocycles. The van der Waals surface area contributed by atoms with Crippen LogP contribution in [0.4, 0.5) is 13.2 Å². The zero-order valence-corrected chi connectivity index (χ0v) is 11.1. The number of nitrogens with two attached hydrogens (primary N) is 1. The second-order valence-corrected chi connectivity index (χ2v) is 4.44. The van der Waals surface area contributed by atoms with Crippen LogP contribution in [0, 0.1) is 6.92 Å². The van der Waals surface area contributed by atoms with Crippen LogP contribution < -0.4 is 10.5 Å². The van der Waals surface area contributed by atoms with Crippen LogP contribution in [-0.4, -0.2) is 5.91 Å². The number of amides is 1. The molecule has 0 saturated heterocycles. The first-order chi connectivity index (χ1) is 9.79. The van der Waals surface area contributed by atoms with Gasteiger partial charge in [-0.25, -0.2) is 0 Å². The summed E-state index contributed by atoms with van der Waals surface area (Å²) in [6, 6.07) is 9.37. The van der Waals surface area contributed by atoms with Crippen molar-refractivity contribution < 1.29 is 22.7 Å². The van der Waals surface area contributed by atoms with Gasteiger partial charge in [-0.05, 0) is 36.8 Å². The molecule has 0 aliphatic carbocycles. The molecule has 0 aromatic heterocycles. The highest BCUT2D eigenvalue weighted by Gasteiger charge is 2.31. The van der Waals surface area contributed by atoms with Crippen molar-refractivity contribution >= 4 is 5.91 Å². The number of rotatable bonds is 3. The Balaban J connectivity index is 2.49. The summed E-state index contributed by atoms with van der Waals surface area (Å²) in [4.78, 5) is 11.3. The summed E-state index contributed by atoms with van der Waals surface area (Å²) in [5, 5.41) is 0. The summed E-state index contributed by atoms with van der Waals surface area (Å²) in [7, 11) is 0. The summed E-state index contributed by atoms with van der Waals surface area (Å²) in [6.45, 7) is 1.74. The molecule has 0 fully saturated rings. The fourth-order valence-corrected chi connectivity index (χ4v) is 1.78. The molecule has 0 aliphatic heterocycles. The average molecular weight is 295 g/mol. The molecule has 2 N–H and O–H groups in total. The molecule has 2 aromatic rings. The molecule has 110 valence electrons. The number of hydrogen-bond donors (Lipinski definition) is 1. The van der Waals surface area contributed by atoms with Crippen LogP contribution in [0.3, 0.4) is 0 Å². The van der Waals surface area contributed by atoms with Gasteiger partial charge in [0.15, 0.2) is 0 Å². The Labute approximate surface area is 119 Å². The largest absolute Gasteiger partial charge is 0.456 e. The van der Waals surface area contributed by atoms with Gasteiger partial charge in [-0.3, -0.25) is 4.79 Å². The molecule has 6 heteroatoms. The Bertz CT molecular complexity index is 681. The maximum absolute atomic E-state index is 12.7. The fourth-order valence-electron chi connectivity index (χ4n) is 1.78. The molecule has 21 heavy (non-hydrogen) atoms. The Morgan fingerprint density at radius 3 is 2.33 bits per heavy atom. The van der Waals surface area contributed by atoms with Crippen molar-refractivity contribution in [1.29, 1.82) is 0 Å². The lowest BCUT2D eigenvalue weighted by Gasteiger charge is -2.14. The molecule has 0 aliphatic rings. The first-order valence-electron chi connectivity index (χ1n) is 6.03. The highest BCUT2D eigenvalue weighted by atomic mass is 19.4. The quantitative estimate of drug-likeness (QED) is 0.933. The van der Waals surface area contributed by atoms with E-state index in [0.29, 0.717) is 5.75 Å². The van der Waals surface area contributed by atoms with Gasteiger partial charge < -0.3 is 10.5 Å². The van der Waals surface area contributed by atoms with Crippen LogP contribution in [0.5, 0.6) is 11.5 Å². The lowest BCUT2D eigenvalue weighted by atomic mass is 10.1. The molecule has 0 saturated carbocycles. The predicted octanol–water partition coefficient (Wildman–Crippen LogP) is 3.91. The highest BCUT2D eigenvalue weighted by Crippen LogP contribution is 2.35. The first kappa shape index (κ1) is 14.9. The Hall–Kier alpha value is -2.50. The third-order valence-electron chi connectivity index (χ3n) is 2.89. The van der Waals surface area contributed by atoms with E-state index in [0.717, 1.165) is 23.8 Å². The number of carbonyl (C=O) groups is 1. The first-order valence-corrected chi connectivity index (χ1v) is 6.03. The van der Waals surface area contributed by atoms with E-state index in [1.807, 2.05) is 0 Å². The van der Waals surface area contributed by atoms with Gasteiger partial charge in [0, 0.05) is 0 Å². The molecule has 0 atom stereocenters. The number of benzene rings is 2. The lowest BCUT2D eigenvalue weighted by Crippen LogP contribution is -2.14. The topological polar surface area (TPSA) is 52.3 Å². The maximum atomic E-state index is 12.7. The van der Waals surface area contributed by atoms with E-state index in [9.17, 15) is 18.0 Å². The van der Waals surface area contributed by atoms with Crippen molar-refractivity contribution in [3.8, 4) is 11.5 Å². The molecule has 0 spiro atoms. The van der Waals surface area contributed by atoms with Gasteiger partial charge in [0.1, 0.15) is 11.5 Å². The molecule has 0 radical (unpaired) electrons. The molecular weight excluding hydrogens is 283 g/mol. The third-order valence-corrected chi connectivity index (χ3v) is 2.89. The van der Waals surface area contributed by atoms with Crippen molar-refractivity contribution in [2.45, 2.75) is 13.1 Å². The molecule has 3 nitrogen and oxygen atoms in total. The van der Waals surface area contributed by atoms with E-state index in [2.05, 4.69) is 0 Å². The van der Waals surface area contributed by atoms with Crippen molar-refractivity contribution in [3.63, 3.8) is 0 Å². The van der Waals surface area contributed by atoms with Crippen LogP contribution in [0.25, 0.3) is 0 Å². The molecule has 1 amide bonds. The number of ether oxygens (including phenoxy) is 1. The standard InChI is InChI=1S/C15H12F3NO2/c1-9-4-2-3-5-12(9)21-13-8-10(15(16,17)18)6-7-11(13)14(19)20/h2-8H,1H3,(H2,19,20). The molecule has 2 rings (SSSR count). The van der Waals surface area contributed by atoms with E-state index in [-0.39, 0.29) is 11.3 Å². The SMILES string of the molecule is Cc1ccccc1Oc1cc(C(F)(F)F)ccc1C(N)=O. The summed E-state index contributed by atoms with van der Waals surface area (Å²) in [5.74, 6) is -0.710. The molecule has 0 bridgehead atoms. The number of para-hydroxylation sites is 1. The summed E-state index contributed by atoms with van der Waals surface area (Å²) in [6.07, 6.45) is -4.53. The van der Waals surface area contributed by atoms with E-state index in [1.165, 1.54) is 0 Å². The van der Waals surface area contributed by atoms with Crippen LogP contribution in [0.1, 0.15) is 21.5 Å². The second-order valence-electron chi connectivity index (χ2n) is 4.44. The van der Waals surface area contributed by atoms with Crippen molar-refractivity contribution in [2.75, 3.05) is 0 Å². The number of hydrogen-bond acceptors (Lipinski definition) is 2. The number of primary amides is 1. The van der Waals surface area contributed by atoms with Gasteiger partial charge in [0.25, 0.3) is 5.91 Å². The predicted molar refractivity (Wildman–Crippen MR) is 71.2 cm³/mol. The molecule has 0 heterocycles. The zero-order chi connectivity index (χ0) is 15.6. The lowest BCUT2D eigenvalue weighted by molar-refractivity contribution is -0.137. The Morgan fingerprint density at radius 2 is 1.76 bits per heavy atom. The number of halogens is 3. The fraction of sp³-hybridized carbons (Fsp3) is 0.133. The maximum Gasteiger partial charge on any atom is 0.416 e. The number of aryl methyl sites for hydroxylation is 1. The van der Waals surface area contributed by atoms with Crippen molar-refractivity contribution in [2.24, 2.45) is 5.73 Å². The Kier molecular flexibility index (Phi) is 3.88. The zero-order valence-electron chi connectivity index (χ0n) is 11.1. The number of carbonyl (C=O) groups excluding carboxylic acids is 1. The second kappa shape index (κ2) is 5.47. The summed E-state index contributed by atoms with van der Waals surface area (Å²) >= 11 is 0. The van der Waals surface area contributed by atoms with Gasteiger partial charge in [0.2, 0.25) is 0 Å². The minimum atomic E-state index is -4.53. The number of alkyl halides is 3. The van der Waals surface area contributed by atoms with Crippen LogP contribution in [0.15, 0.2) is 42.5 Å². The van der Waals surface area contributed by atoms with Crippen LogP contribution in [0.2, 0.25) is 0 Å². The molecule has 0 unspecified atom stereocenters. The summed E-state index contributed by atoms with van der Waals surface area (Å²) in [5.41, 5.74) is 4.88. The monoisotopic (exact) mass is 295 g/mol. The van der Waals surface area contributed by atoms with Crippen LogP contribution in [-0.2, 0) is 6.18 Å². The van der Waals surface area contributed by atoms with E-state index < -0.39 is 17.6 Å². The van der Waals surface area contributed by atoms with Gasteiger partial charge in [-0.1, -0.05) is 18.2 Å². The van der Waals surface area contributed by atoms with Crippen molar-refractivity contribution in [3.05, 3.63) is 59.2 Å². The van der Waals surface area contributed by atoms with Gasteiger partial charge in [0.05, 0.1) is 11.1 Å². The van der Waals surface area contributed by atoms with Gasteiger partial charge >= 0.3 is 6.18 Å². The van der Waals surface area contributed by atoms with Crippen molar-refractivity contribution in [1.82, 2.24) is 0 Å². The van der Waals surface area contributed by atoms with Crippen LogP contribution >= 0.6 is 0 Å². The minimum absolute atomic E-state index is 0.105. The summed E-state index contributed by atoms with van der Waals surface area (Å²) < 4.78 is 43.7. The highest BCUT2D eigenvalue weighted by molar-refractivity contribution is 5.95. The smallest absolute Gasteiger partial charge is 0.416 e. The third kappa shape index (κ3) is 3.34. The van der Waals surface area contributed by atoms with E-state index in [4.69, 9.17) is 10.5 Å². The van der Waals surface area contributed by atoms with E-state index >= 15 is 0 Å². The van der Waals surface area contributed by atoms with Gasteiger partial charge in [-0.2, -0.15) is 13.2 Å². The normalized spacial score (nSPS) is 11.2. The van der Waals surface area contributed by atoms with E-state index in [1.54, 1.807) is 31.2 Å². The average Bonchev–Trinajstić information content (AvgIpc) is 2.40. The Morgan fingerprint density at radius 1 is 1.10 bits per heavy atom. The molecular formula is C15H12F3NO2.